The maximum Gasteiger partial charge on any atom is 0.336 e. The number of amides is 1. The molecule has 1 amide bonds. The van der Waals surface area contributed by atoms with Crippen LogP contribution in [0, 0.1) is 17.8 Å². The van der Waals surface area contributed by atoms with Crippen molar-refractivity contribution in [2.45, 2.75) is 60.8 Å². The second kappa shape index (κ2) is 9.42. The van der Waals surface area contributed by atoms with Crippen LogP contribution < -0.4 is 15.7 Å². The van der Waals surface area contributed by atoms with E-state index in [2.05, 4.69) is 59.0 Å². The Labute approximate surface area is 196 Å². The van der Waals surface area contributed by atoms with Crippen LogP contribution >= 0.6 is 0 Å². The van der Waals surface area contributed by atoms with E-state index in [-0.39, 0.29) is 29.0 Å². The maximum absolute atomic E-state index is 12.4. The van der Waals surface area contributed by atoms with Crippen LogP contribution in [0.2, 0.25) is 0 Å². The van der Waals surface area contributed by atoms with Crippen LogP contribution in [-0.2, 0) is 4.79 Å². The average Bonchev–Trinajstić information content (AvgIpc) is 2.70. The molecule has 5 nitrogen and oxygen atoms in total. The Morgan fingerprint density at radius 3 is 2.27 bits per heavy atom. The molecule has 0 spiro atoms. The van der Waals surface area contributed by atoms with Crippen molar-refractivity contribution in [3.63, 3.8) is 0 Å². The summed E-state index contributed by atoms with van der Waals surface area (Å²) in [6, 6.07) is 14.7. The highest BCUT2D eigenvalue weighted by Crippen LogP contribution is 2.43. The summed E-state index contributed by atoms with van der Waals surface area (Å²) in [5, 5.41) is 3.62. The largest absolute Gasteiger partial charge is 0.484 e. The van der Waals surface area contributed by atoms with Gasteiger partial charge in [-0.3, -0.25) is 4.79 Å². The fourth-order valence-electron chi connectivity index (χ4n) is 4.08. The molecular weight excluding hydrogens is 414 g/mol. The Balaban J connectivity index is 1.63. The lowest BCUT2D eigenvalue weighted by Gasteiger charge is -2.36. The number of hydrogen-bond acceptors (Lipinski definition) is 4. The Kier molecular flexibility index (Phi) is 7.01. The third kappa shape index (κ3) is 6.70. The highest BCUT2D eigenvalue weighted by Gasteiger charge is 2.30. The molecule has 0 saturated carbocycles. The second-order valence-corrected chi connectivity index (χ2v) is 11.0. The molecule has 1 heterocycles. The van der Waals surface area contributed by atoms with E-state index in [1.165, 1.54) is 11.6 Å². The van der Waals surface area contributed by atoms with E-state index in [1.807, 2.05) is 19.1 Å². The minimum absolute atomic E-state index is 0.0923. The zero-order valence-electron chi connectivity index (χ0n) is 20.7. The molecule has 0 aliphatic heterocycles. The monoisotopic (exact) mass is 449 g/mol. The predicted octanol–water partition coefficient (Wildman–Crippen LogP) is 6.68. The molecular formula is C28H35NO4. The van der Waals surface area contributed by atoms with Gasteiger partial charge in [0.2, 0.25) is 0 Å². The van der Waals surface area contributed by atoms with E-state index in [0.717, 1.165) is 17.4 Å². The number of rotatable bonds is 6. The Morgan fingerprint density at radius 1 is 1.00 bits per heavy atom. The van der Waals surface area contributed by atoms with E-state index < -0.39 is 0 Å². The summed E-state index contributed by atoms with van der Waals surface area (Å²) in [7, 11) is 0. The Morgan fingerprint density at radius 2 is 1.67 bits per heavy atom. The SMILES string of the molecule is Cc1cc(=O)oc2ccc(NC(=O)COc3ccc(C(CC(C)(C)C)C(C)(C)C)cc3)cc12. The zero-order chi connectivity index (χ0) is 24.4. The van der Waals surface area contributed by atoms with Crippen molar-refractivity contribution in [3.05, 3.63) is 70.1 Å². The first-order valence-corrected chi connectivity index (χ1v) is 11.4. The van der Waals surface area contributed by atoms with Crippen LogP contribution in [0.1, 0.15) is 65.0 Å². The molecule has 3 aromatic rings. The molecule has 33 heavy (non-hydrogen) atoms. The molecule has 1 N–H and O–H groups in total. The van der Waals surface area contributed by atoms with Gasteiger partial charge in [0.1, 0.15) is 11.3 Å². The Bertz CT molecular complexity index is 1180. The highest BCUT2D eigenvalue weighted by atomic mass is 16.5. The normalized spacial score (nSPS) is 13.1. The summed E-state index contributed by atoms with van der Waals surface area (Å²) in [6.07, 6.45) is 1.09. The predicted molar refractivity (Wildman–Crippen MR) is 134 cm³/mol. The van der Waals surface area contributed by atoms with E-state index >= 15 is 0 Å². The number of carbonyl (C=O) groups excluding carboxylic acids is 1. The molecule has 176 valence electrons. The first kappa shape index (κ1) is 24.6. The fourth-order valence-corrected chi connectivity index (χ4v) is 4.08. The van der Waals surface area contributed by atoms with Gasteiger partial charge in [-0.1, -0.05) is 53.7 Å². The molecule has 0 aliphatic rings. The summed E-state index contributed by atoms with van der Waals surface area (Å²) in [5.41, 5.74) is 3.20. The van der Waals surface area contributed by atoms with E-state index in [4.69, 9.17) is 9.15 Å². The van der Waals surface area contributed by atoms with Crippen LogP contribution in [0.25, 0.3) is 11.0 Å². The summed E-state index contributed by atoms with van der Waals surface area (Å²) >= 11 is 0. The number of nitrogens with one attached hydrogen (secondary N) is 1. The van der Waals surface area contributed by atoms with Crippen LogP contribution in [0.15, 0.2) is 57.7 Å². The minimum atomic E-state index is -0.386. The number of benzene rings is 2. The zero-order valence-corrected chi connectivity index (χ0v) is 20.7. The van der Waals surface area contributed by atoms with Gasteiger partial charge in [0.05, 0.1) is 0 Å². The van der Waals surface area contributed by atoms with Gasteiger partial charge >= 0.3 is 5.63 Å². The number of aryl methyl sites for hydroxylation is 1. The molecule has 2 aromatic carbocycles. The van der Waals surface area contributed by atoms with Crippen molar-refractivity contribution in [1.29, 1.82) is 0 Å². The molecule has 0 radical (unpaired) electrons. The topological polar surface area (TPSA) is 68.5 Å². The molecule has 0 aliphatic carbocycles. The summed E-state index contributed by atoms with van der Waals surface area (Å²) < 4.78 is 10.9. The van der Waals surface area contributed by atoms with Gasteiger partial charge in [-0.05, 0) is 71.6 Å². The lowest BCUT2D eigenvalue weighted by atomic mass is 9.69. The van der Waals surface area contributed by atoms with Crippen LogP contribution in [0.3, 0.4) is 0 Å². The summed E-state index contributed by atoms with van der Waals surface area (Å²) in [6.45, 7) is 15.4. The molecule has 1 atom stereocenters. The van der Waals surface area contributed by atoms with Gasteiger partial charge < -0.3 is 14.5 Å². The van der Waals surface area contributed by atoms with E-state index in [0.29, 0.717) is 22.9 Å². The Hall–Kier alpha value is -3.08. The molecule has 3 rings (SSSR count). The van der Waals surface area contributed by atoms with Gasteiger partial charge in [0.15, 0.2) is 6.61 Å². The molecule has 0 fully saturated rings. The van der Waals surface area contributed by atoms with Crippen LogP contribution in [0.5, 0.6) is 5.75 Å². The van der Waals surface area contributed by atoms with E-state index in [1.54, 1.807) is 18.2 Å². The van der Waals surface area contributed by atoms with Crippen molar-refractivity contribution in [3.8, 4) is 5.75 Å². The number of fused-ring (bicyclic) bond motifs is 1. The smallest absolute Gasteiger partial charge is 0.336 e. The molecule has 5 heteroatoms. The first-order chi connectivity index (χ1) is 15.3. The molecule has 0 bridgehead atoms. The lowest BCUT2D eigenvalue weighted by Crippen LogP contribution is -2.24. The highest BCUT2D eigenvalue weighted by molar-refractivity contribution is 5.94. The second-order valence-electron chi connectivity index (χ2n) is 11.0. The number of hydrogen-bond donors (Lipinski definition) is 1. The molecule has 1 unspecified atom stereocenters. The standard InChI is InChI=1S/C28H35NO4/c1-18-14-26(31)33-24-13-10-20(15-22(18)24)29-25(30)17-32-21-11-8-19(9-12-21)23(28(5,6)7)16-27(2,3)4/h8-15,23H,16-17H2,1-7H3,(H,29,30). The van der Waals surface area contributed by atoms with Gasteiger partial charge in [-0.15, -0.1) is 0 Å². The van der Waals surface area contributed by atoms with Crippen LogP contribution in [-0.4, -0.2) is 12.5 Å². The minimum Gasteiger partial charge on any atom is -0.484 e. The average molecular weight is 450 g/mol. The fraction of sp³-hybridized carbons (Fsp3) is 0.429. The van der Waals surface area contributed by atoms with E-state index in [9.17, 15) is 9.59 Å². The summed E-state index contributed by atoms with van der Waals surface area (Å²) in [5.74, 6) is 0.831. The molecule has 1 aromatic heterocycles. The lowest BCUT2D eigenvalue weighted by molar-refractivity contribution is -0.118. The molecule has 0 saturated heterocycles. The van der Waals surface area contributed by atoms with Gasteiger partial charge in [0, 0.05) is 17.1 Å². The number of carbonyl (C=O) groups is 1. The van der Waals surface area contributed by atoms with Gasteiger partial charge in [-0.2, -0.15) is 0 Å². The summed E-state index contributed by atoms with van der Waals surface area (Å²) in [4.78, 5) is 23.9. The number of anilines is 1. The van der Waals surface area contributed by atoms with Crippen molar-refractivity contribution in [2.24, 2.45) is 10.8 Å². The van der Waals surface area contributed by atoms with Gasteiger partial charge in [-0.25, -0.2) is 4.79 Å². The number of ether oxygens (including phenoxy) is 1. The van der Waals surface area contributed by atoms with Crippen LogP contribution in [0.4, 0.5) is 5.69 Å². The van der Waals surface area contributed by atoms with Gasteiger partial charge in [0.25, 0.3) is 5.91 Å². The van der Waals surface area contributed by atoms with Crippen molar-refractivity contribution in [2.75, 3.05) is 11.9 Å². The van der Waals surface area contributed by atoms with Crippen molar-refractivity contribution in [1.82, 2.24) is 0 Å². The quantitative estimate of drug-likeness (QED) is 0.426. The third-order valence-electron chi connectivity index (χ3n) is 5.75. The van der Waals surface area contributed by atoms with Crippen molar-refractivity contribution < 1.29 is 13.9 Å². The third-order valence-corrected chi connectivity index (χ3v) is 5.75. The van der Waals surface area contributed by atoms with Crippen molar-refractivity contribution >= 4 is 22.6 Å². The maximum atomic E-state index is 12.4. The first-order valence-electron chi connectivity index (χ1n) is 11.4.